The number of hydrogen-bond donors (Lipinski definition) is 2. The summed E-state index contributed by atoms with van der Waals surface area (Å²) in [6.45, 7) is 10.9. The first kappa shape index (κ1) is 14.4. The van der Waals surface area contributed by atoms with Crippen molar-refractivity contribution >= 4 is 5.91 Å². The van der Waals surface area contributed by atoms with Crippen LogP contribution in [0.2, 0.25) is 0 Å². The summed E-state index contributed by atoms with van der Waals surface area (Å²) in [5.41, 5.74) is 0. The first-order valence-electron chi connectivity index (χ1n) is 6.06. The van der Waals surface area contributed by atoms with Gasteiger partial charge in [0.1, 0.15) is 0 Å². The van der Waals surface area contributed by atoms with Crippen LogP contribution in [0.25, 0.3) is 0 Å². The van der Waals surface area contributed by atoms with Crippen molar-refractivity contribution in [2.24, 2.45) is 11.8 Å². The van der Waals surface area contributed by atoms with Crippen LogP contribution in [0.4, 0.5) is 0 Å². The molecule has 1 amide bonds. The number of carbonyl (C=O) groups is 1. The smallest absolute Gasteiger partial charge is 0.224 e. The lowest BCUT2D eigenvalue weighted by atomic mass is 10.1. The maximum absolute atomic E-state index is 11.5. The van der Waals surface area contributed by atoms with Crippen LogP contribution in [-0.2, 0) is 4.79 Å². The highest BCUT2D eigenvalue weighted by atomic mass is 16.1. The molecule has 0 rings (SSSR count). The van der Waals surface area contributed by atoms with Gasteiger partial charge in [0.05, 0.1) is 0 Å². The molecule has 2 N–H and O–H groups in total. The molecule has 0 aliphatic rings. The van der Waals surface area contributed by atoms with Crippen LogP contribution >= 0.6 is 0 Å². The molecule has 0 saturated heterocycles. The minimum absolute atomic E-state index is 0.0731. The second-order valence-electron chi connectivity index (χ2n) is 4.54. The maximum atomic E-state index is 11.5. The van der Waals surface area contributed by atoms with E-state index in [9.17, 15) is 4.79 Å². The molecular formula is C12H26N2O. The van der Waals surface area contributed by atoms with Crippen molar-refractivity contribution in [3.8, 4) is 0 Å². The van der Waals surface area contributed by atoms with Crippen molar-refractivity contribution in [1.29, 1.82) is 0 Å². The predicted molar refractivity (Wildman–Crippen MR) is 64.8 cm³/mol. The minimum atomic E-state index is 0.0731. The summed E-state index contributed by atoms with van der Waals surface area (Å²) < 4.78 is 0. The summed E-state index contributed by atoms with van der Waals surface area (Å²) >= 11 is 0. The predicted octanol–water partition coefficient (Wildman–Crippen LogP) is 1.78. The lowest BCUT2D eigenvalue weighted by Gasteiger charge is -2.12. The number of amides is 1. The van der Waals surface area contributed by atoms with Gasteiger partial charge in [0, 0.05) is 19.0 Å². The summed E-state index contributed by atoms with van der Waals surface area (Å²) in [5.74, 6) is 0.963. The number of rotatable bonds is 8. The normalized spacial score (nSPS) is 12.9. The van der Waals surface area contributed by atoms with Crippen LogP contribution in [-0.4, -0.2) is 25.5 Å². The number of hydrogen-bond acceptors (Lipinski definition) is 2. The van der Waals surface area contributed by atoms with Crippen molar-refractivity contribution in [3.63, 3.8) is 0 Å². The van der Waals surface area contributed by atoms with Crippen LogP contribution in [0.5, 0.6) is 0 Å². The second-order valence-corrected chi connectivity index (χ2v) is 4.54. The molecule has 0 radical (unpaired) electrons. The Labute approximate surface area is 94.0 Å². The summed E-state index contributed by atoms with van der Waals surface area (Å²) in [7, 11) is 0. The molecule has 0 saturated carbocycles. The Balaban J connectivity index is 3.47. The van der Waals surface area contributed by atoms with Crippen LogP contribution in [0.1, 0.15) is 40.5 Å². The van der Waals surface area contributed by atoms with Crippen LogP contribution < -0.4 is 10.6 Å². The SMILES string of the molecule is CCNCC(C)C(=O)NCCCC(C)C. The van der Waals surface area contributed by atoms with E-state index in [1.807, 2.05) is 13.8 Å². The molecule has 3 nitrogen and oxygen atoms in total. The first-order chi connectivity index (χ1) is 7.07. The molecule has 1 atom stereocenters. The molecule has 1 unspecified atom stereocenters. The van der Waals surface area contributed by atoms with Crippen molar-refractivity contribution in [2.75, 3.05) is 19.6 Å². The van der Waals surface area contributed by atoms with E-state index in [1.54, 1.807) is 0 Å². The molecule has 0 spiro atoms. The average molecular weight is 214 g/mol. The van der Waals surface area contributed by atoms with Gasteiger partial charge in [-0.3, -0.25) is 4.79 Å². The zero-order chi connectivity index (χ0) is 11.7. The van der Waals surface area contributed by atoms with Crippen molar-refractivity contribution in [1.82, 2.24) is 10.6 Å². The van der Waals surface area contributed by atoms with E-state index in [0.717, 1.165) is 32.0 Å². The summed E-state index contributed by atoms with van der Waals surface area (Å²) in [6.07, 6.45) is 2.26. The van der Waals surface area contributed by atoms with Gasteiger partial charge in [0.15, 0.2) is 0 Å². The molecule has 0 aromatic carbocycles. The van der Waals surface area contributed by atoms with Crippen molar-refractivity contribution in [2.45, 2.75) is 40.5 Å². The fourth-order valence-corrected chi connectivity index (χ4v) is 1.35. The van der Waals surface area contributed by atoms with E-state index in [0.29, 0.717) is 0 Å². The van der Waals surface area contributed by atoms with Crippen LogP contribution in [0.3, 0.4) is 0 Å². The molecule has 15 heavy (non-hydrogen) atoms. The Kier molecular flexibility index (Phi) is 8.38. The van der Waals surface area contributed by atoms with Crippen molar-refractivity contribution in [3.05, 3.63) is 0 Å². The maximum Gasteiger partial charge on any atom is 0.224 e. The van der Waals surface area contributed by atoms with E-state index in [-0.39, 0.29) is 11.8 Å². The molecule has 0 bridgehead atoms. The quantitative estimate of drug-likeness (QED) is 0.605. The molecule has 0 aromatic rings. The summed E-state index contributed by atoms with van der Waals surface area (Å²) in [6, 6.07) is 0. The summed E-state index contributed by atoms with van der Waals surface area (Å²) in [5, 5.41) is 6.14. The van der Waals surface area contributed by atoms with Gasteiger partial charge >= 0.3 is 0 Å². The lowest BCUT2D eigenvalue weighted by Crippen LogP contribution is -2.35. The monoisotopic (exact) mass is 214 g/mol. The van der Waals surface area contributed by atoms with Gasteiger partial charge in [0.25, 0.3) is 0 Å². The number of nitrogens with one attached hydrogen (secondary N) is 2. The van der Waals surface area contributed by atoms with Gasteiger partial charge in [-0.1, -0.05) is 27.7 Å². The lowest BCUT2D eigenvalue weighted by molar-refractivity contribution is -0.124. The van der Waals surface area contributed by atoms with Crippen molar-refractivity contribution < 1.29 is 4.79 Å². The van der Waals surface area contributed by atoms with E-state index in [4.69, 9.17) is 0 Å². The third-order valence-corrected chi connectivity index (χ3v) is 2.41. The van der Waals surface area contributed by atoms with Crippen LogP contribution in [0.15, 0.2) is 0 Å². The zero-order valence-electron chi connectivity index (χ0n) is 10.6. The molecule has 0 aliphatic carbocycles. The van der Waals surface area contributed by atoms with Gasteiger partial charge in [0.2, 0.25) is 5.91 Å². The largest absolute Gasteiger partial charge is 0.356 e. The third-order valence-electron chi connectivity index (χ3n) is 2.41. The fraction of sp³-hybridized carbons (Fsp3) is 0.917. The van der Waals surface area contributed by atoms with E-state index < -0.39 is 0 Å². The Morgan fingerprint density at radius 2 is 1.93 bits per heavy atom. The van der Waals surface area contributed by atoms with Gasteiger partial charge in [-0.2, -0.15) is 0 Å². The topological polar surface area (TPSA) is 41.1 Å². The molecule has 0 fully saturated rings. The third kappa shape index (κ3) is 8.43. The van der Waals surface area contributed by atoms with E-state index in [1.165, 1.54) is 6.42 Å². The molecule has 90 valence electrons. The first-order valence-corrected chi connectivity index (χ1v) is 6.06. The molecule has 0 aliphatic heterocycles. The highest BCUT2D eigenvalue weighted by Gasteiger charge is 2.10. The Morgan fingerprint density at radius 3 is 2.47 bits per heavy atom. The number of carbonyl (C=O) groups excluding carboxylic acids is 1. The van der Waals surface area contributed by atoms with Gasteiger partial charge in [-0.15, -0.1) is 0 Å². The van der Waals surface area contributed by atoms with Gasteiger partial charge < -0.3 is 10.6 Å². The highest BCUT2D eigenvalue weighted by molar-refractivity contribution is 5.78. The second kappa shape index (κ2) is 8.72. The zero-order valence-corrected chi connectivity index (χ0v) is 10.6. The highest BCUT2D eigenvalue weighted by Crippen LogP contribution is 2.02. The summed E-state index contributed by atoms with van der Waals surface area (Å²) in [4.78, 5) is 11.5. The molecule has 0 heterocycles. The van der Waals surface area contributed by atoms with Crippen LogP contribution in [0, 0.1) is 11.8 Å². The molecular weight excluding hydrogens is 188 g/mol. The van der Waals surface area contributed by atoms with Gasteiger partial charge in [-0.25, -0.2) is 0 Å². The average Bonchev–Trinajstić information content (AvgIpc) is 2.20. The Hall–Kier alpha value is -0.570. The van der Waals surface area contributed by atoms with E-state index >= 15 is 0 Å². The Bertz CT molecular complexity index is 169. The molecule has 0 aromatic heterocycles. The standard InChI is InChI=1S/C12H26N2O/c1-5-13-9-11(4)12(15)14-8-6-7-10(2)3/h10-11,13H,5-9H2,1-4H3,(H,14,15). The fourth-order valence-electron chi connectivity index (χ4n) is 1.35. The molecule has 3 heteroatoms. The van der Waals surface area contributed by atoms with Gasteiger partial charge in [-0.05, 0) is 25.3 Å². The minimum Gasteiger partial charge on any atom is -0.356 e. The Morgan fingerprint density at radius 1 is 1.27 bits per heavy atom. The van der Waals surface area contributed by atoms with E-state index in [2.05, 4.69) is 24.5 Å².